The number of allylic oxidation sites excluding steroid dienone is 5. The Kier molecular flexibility index (Phi) is 4.50. The molecular formula is C30H29NS. The Morgan fingerprint density at radius 3 is 2.66 bits per heavy atom. The molecule has 7 rings (SSSR count). The Labute approximate surface area is 195 Å². The molecule has 1 N–H and O–H groups in total. The van der Waals surface area contributed by atoms with Gasteiger partial charge in [0.05, 0.1) is 0 Å². The second kappa shape index (κ2) is 7.56. The number of hydrogen-bond donors (Lipinski definition) is 1. The van der Waals surface area contributed by atoms with Crippen molar-refractivity contribution in [2.45, 2.75) is 53.7 Å². The molecule has 3 aliphatic carbocycles. The molecule has 0 amide bonds. The summed E-state index contributed by atoms with van der Waals surface area (Å²) in [5.41, 5.74) is 7.74. The number of hydrogen-bond acceptors (Lipinski definition) is 2. The molecule has 0 spiro atoms. The highest BCUT2D eigenvalue weighted by atomic mass is 32.2. The number of thioether (sulfide) groups is 1. The average Bonchev–Trinajstić information content (AvgIpc) is 3.41. The predicted octanol–water partition coefficient (Wildman–Crippen LogP) is 7.13. The van der Waals surface area contributed by atoms with Gasteiger partial charge < -0.3 is 5.32 Å². The first-order valence-electron chi connectivity index (χ1n) is 12.2. The lowest BCUT2D eigenvalue weighted by molar-refractivity contribution is 0.448. The van der Waals surface area contributed by atoms with Crippen molar-refractivity contribution in [3.8, 4) is 0 Å². The maximum Gasteiger partial charge on any atom is 0.0370 e. The fraction of sp³-hybridized carbons (Fsp3) is 0.333. The number of benzene rings is 2. The van der Waals surface area contributed by atoms with Gasteiger partial charge in [-0.25, -0.2) is 0 Å². The van der Waals surface area contributed by atoms with Crippen molar-refractivity contribution in [3.05, 3.63) is 113 Å². The maximum atomic E-state index is 3.89. The van der Waals surface area contributed by atoms with Crippen molar-refractivity contribution < 1.29 is 0 Å². The second-order valence-corrected chi connectivity index (χ2v) is 11.3. The Morgan fingerprint density at radius 1 is 0.844 bits per heavy atom. The highest BCUT2D eigenvalue weighted by Crippen LogP contribution is 2.52. The molecule has 32 heavy (non-hydrogen) atoms. The molecule has 0 bridgehead atoms. The maximum absolute atomic E-state index is 3.89. The Bertz CT molecular complexity index is 1170. The minimum Gasteiger partial charge on any atom is -0.381 e. The minimum absolute atomic E-state index is 0.531. The van der Waals surface area contributed by atoms with Gasteiger partial charge in [0.15, 0.2) is 0 Å². The predicted molar refractivity (Wildman–Crippen MR) is 134 cm³/mol. The Morgan fingerprint density at radius 2 is 1.72 bits per heavy atom. The van der Waals surface area contributed by atoms with Gasteiger partial charge in [0.2, 0.25) is 0 Å². The van der Waals surface area contributed by atoms with Gasteiger partial charge in [-0.1, -0.05) is 78.4 Å². The summed E-state index contributed by atoms with van der Waals surface area (Å²) in [5, 5.41) is 4.63. The summed E-state index contributed by atoms with van der Waals surface area (Å²) < 4.78 is 0. The smallest absolute Gasteiger partial charge is 0.0370 e. The quantitative estimate of drug-likeness (QED) is 0.504. The zero-order valence-electron chi connectivity index (χ0n) is 18.3. The lowest BCUT2D eigenvalue weighted by Crippen LogP contribution is -2.32. The first-order chi connectivity index (χ1) is 15.8. The molecule has 0 saturated carbocycles. The molecule has 0 saturated heterocycles. The van der Waals surface area contributed by atoms with Crippen molar-refractivity contribution in [2.24, 2.45) is 11.8 Å². The van der Waals surface area contributed by atoms with E-state index in [1.807, 2.05) is 0 Å². The van der Waals surface area contributed by atoms with E-state index >= 15 is 0 Å². The molecule has 2 aromatic rings. The van der Waals surface area contributed by atoms with Gasteiger partial charge in [-0.15, -0.1) is 11.8 Å². The van der Waals surface area contributed by atoms with Crippen molar-refractivity contribution in [1.82, 2.24) is 5.32 Å². The summed E-state index contributed by atoms with van der Waals surface area (Å²) >= 11 is 2.11. The minimum atomic E-state index is 0.531. The van der Waals surface area contributed by atoms with Crippen molar-refractivity contribution >= 4 is 11.8 Å². The van der Waals surface area contributed by atoms with Crippen LogP contribution in [0.15, 0.2) is 107 Å². The van der Waals surface area contributed by atoms with Crippen LogP contribution in [0.4, 0.5) is 0 Å². The van der Waals surface area contributed by atoms with Gasteiger partial charge in [-0.3, -0.25) is 0 Å². The van der Waals surface area contributed by atoms with Gasteiger partial charge in [-0.2, -0.15) is 0 Å². The third-order valence-corrected chi connectivity index (χ3v) is 9.75. The molecule has 6 atom stereocenters. The van der Waals surface area contributed by atoms with Crippen molar-refractivity contribution in [1.29, 1.82) is 0 Å². The zero-order valence-corrected chi connectivity index (χ0v) is 19.1. The summed E-state index contributed by atoms with van der Waals surface area (Å²) in [4.78, 5) is 1.51. The topological polar surface area (TPSA) is 12.0 Å². The standard InChI is InChI=1S/C30H29NS/c1-2-6-19(7-3-1)22-10-13-23-25-16-20(11-14-27(25)31-28(23)18-22)21-12-15-30-26(17-21)24-8-4-5-9-29(24)32-30/h1-11,13-14,17,20,22-23,26,28,30-31H,12,15-16,18H2. The monoisotopic (exact) mass is 435 g/mol. The molecule has 5 aliphatic rings. The average molecular weight is 436 g/mol. The van der Waals surface area contributed by atoms with E-state index in [0.29, 0.717) is 29.7 Å². The first kappa shape index (κ1) is 19.1. The van der Waals surface area contributed by atoms with Crippen LogP contribution in [0, 0.1) is 11.8 Å². The van der Waals surface area contributed by atoms with Crippen LogP contribution in [-0.2, 0) is 0 Å². The normalized spacial score (nSPS) is 34.3. The summed E-state index contributed by atoms with van der Waals surface area (Å²) in [6, 6.07) is 20.6. The van der Waals surface area contributed by atoms with Crippen LogP contribution in [0.2, 0.25) is 0 Å². The van der Waals surface area contributed by atoms with Crippen LogP contribution in [0.25, 0.3) is 0 Å². The van der Waals surface area contributed by atoms with E-state index < -0.39 is 0 Å². The fourth-order valence-corrected chi connectivity index (χ4v) is 8.09. The number of rotatable bonds is 2. The zero-order chi connectivity index (χ0) is 21.1. The van der Waals surface area contributed by atoms with E-state index in [9.17, 15) is 0 Å². The van der Waals surface area contributed by atoms with Gasteiger partial charge in [0, 0.05) is 45.6 Å². The Balaban J connectivity index is 1.12. The molecule has 0 aromatic heterocycles. The molecule has 0 fully saturated rings. The molecule has 0 radical (unpaired) electrons. The molecule has 160 valence electrons. The summed E-state index contributed by atoms with van der Waals surface area (Å²) in [6.07, 6.45) is 17.5. The second-order valence-electron chi connectivity index (χ2n) is 10.0. The van der Waals surface area contributed by atoms with Gasteiger partial charge in [0.25, 0.3) is 0 Å². The van der Waals surface area contributed by atoms with E-state index in [2.05, 4.69) is 102 Å². The molecule has 1 nitrogen and oxygen atoms in total. The van der Waals surface area contributed by atoms with Crippen LogP contribution in [-0.4, -0.2) is 11.3 Å². The van der Waals surface area contributed by atoms with Gasteiger partial charge >= 0.3 is 0 Å². The van der Waals surface area contributed by atoms with Crippen LogP contribution >= 0.6 is 11.8 Å². The number of fused-ring (bicyclic) bond motifs is 5. The summed E-state index contributed by atoms with van der Waals surface area (Å²) in [7, 11) is 0. The summed E-state index contributed by atoms with van der Waals surface area (Å²) in [5.74, 6) is 2.29. The van der Waals surface area contributed by atoms with Crippen molar-refractivity contribution in [2.75, 3.05) is 0 Å². The SMILES string of the molecule is C1=CC(C2=CC3c4ccccc4SC3CC2)CC2=C1NC1CC(c3ccccc3)C=CC21. The van der Waals surface area contributed by atoms with E-state index in [1.54, 1.807) is 16.7 Å². The van der Waals surface area contributed by atoms with E-state index in [1.165, 1.54) is 41.8 Å². The van der Waals surface area contributed by atoms with Crippen LogP contribution in [0.1, 0.15) is 48.6 Å². The number of nitrogens with one attached hydrogen (secondary N) is 1. The Hall–Kier alpha value is -2.45. The van der Waals surface area contributed by atoms with E-state index in [0.717, 1.165) is 5.25 Å². The van der Waals surface area contributed by atoms with Crippen molar-refractivity contribution in [3.63, 3.8) is 0 Å². The lowest BCUT2D eigenvalue weighted by atomic mass is 9.74. The molecular weight excluding hydrogens is 406 g/mol. The highest BCUT2D eigenvalue weighted by Gasteiger charge is 2.40. The van der Waals surface area contributed by atoms with E-state index in [-0.39, 0.29) is 0 Å². The summed E-state index contributed by atoms with van der Waals surface area (Å²) in [6.45, 7) is 0. The van der Waals surface area contributed by atoms with Gasteiger partial charge in [-0.05, 0) is 54.5 Å². The lowest BCUT2D eigenvalue weighted by Gasteiger charge is -2.31. The van der Waals surface area contributed by atoms with Crippen LogP contribution in [0.3, 0.4) is 0 Å². The van der Waals surface area contributed by atoms with Crippen LogP contribution in [0.5, 0.6) is 0 Å². The van der Waals surface area contributed by atoms with Crippen LogP contribution < -0.4 is 5.32 Å². The third-order valence-electron chi connectivity index (χ3n) is 8.29. The first-order valence-corrected chi connectivity index (χ1v) is 13.1. The molecule has 2 aromatic carbocycles. The molecule has 2 heterocycles. The molecule has 6 unspecified atom stereocenters. The van der Waals surface area contributed by atoms with E-state index in [4.69, 9.17) is 0 Å². The largest absolute Gasteiger partial charge is 0.381 e. The molecule has 2 heteroatoms. The molecule has 2 aliphatic heterocycles. The highest BCUT2D eigenvalue weighted by molar-refractivity contribution is 8.00. The third kappa shape index (κ3) is 3.07. The fourth-order valence-electron chi connectivity index (χ4n) is 6.65. The van der Waals surface area contributed by atoms with Gasteiger partial charge in [0.1, 0.15) is 0 Å².